The van der Waals surface area contributed by atoms with Crippen LogP contribution in [-0.4, -0.2) is 42.4 Å². The van der Waals surface area contributed by atoms with Crippen LogP contribution in [0.25, 0.3) is 0 Å². The lowest BCUT2D eigenvalue weighted by Gasteiger charge is -2.34. The highest BCUT2D eigenvalue weighted by Gasteiger charge is 2.35. The minimum absolute atomic E-state index is 0.0835. The van der Waals surface area contributed by atoms with Gasteiger partial charge >= 0.3 is 12.2 Å². The first-order valence-electron chi connectivity index (χ1n) is 14.5. The molecule has 0 bridgehead atoms. The summed E-state index contributed by atoms with van der Waals surface area (Å²) in [5, 5.41) is 11.8. The van der Waals surface area contributed by atoms with E-state index in [2.05, 4.69) is 12.2 Å². The summed E-state index contributed by atoms with van der Waals surface area (Å²) in [5.74, 6) is -0.712. The van der Waals surface area contributed by atoms with Crippen LogP contribution in [0.2, 0.25) is 0 Å². The number of benzene rings is 3. The summed E-state index contributed by atoms with van der Waals surface area (Å²) < 4.78 is 40.5. The predicted molar refractivity (Wildman–Crippen MR) is 163 cm³/mol. The number of nitrogens with one attached hydrogen (secondary N) is 1. The molecule has 0 heterocycles. The number of halogens is 3. The molecule has 0 radical (unpaired) electrons. The van der Waals surface area contributed by atoms with Gasteiger partial charge in [-0.25, -0.2) is 9.69 Å². The van der Waals surface area contributed by atoms with Gasteiger partial charge in [0.25, 0.3) is 0 Å². The van der Waals surface area contributed by atoms with Crippen LogP contribution in [0, 0.1) is 23.2 Å². The molecule has 3 aromatic rings. The molecule has 0 aliphatic carbocycles. The summed E-state index contributed by atoms with van der Waals surface area (Å²) in [6.07, 6.45) is -3.88. The second kappa shape index (κ2) is 15.2. The van der Waals surface area contributed by atoms with Crippen LogP contribution < -0.4 is 10.2 Å². The third-order valence-corrected chi connectivity index (χ3v) is 7.80. The molecule has 7 nitrogen and oxygen atoms in total. The molecule has 0 spiro atoms. The smallest absolute Gasteiger partial charge is 0.341 e. The van der Waals surface area contributed by atoms with E-state index in [9.17, 15) is 27.6 Å². The van der Waals surface area contributed by atoms with Crippen LogP contribution in [0.4, 0.5) is 23.7 Å². The van der Waals surface area contributed by atoms with Crippen molar-refractivity contribution in [2.75, 3.05) is 18.0 Å². The summed E-state index contributed by atoms with van der Waals surface area (Å²) in [4.78, 5) is 41.5. The average Bonchev–Trinajstić information content (AvgIpc) is 3.01. The van der Waals surface area contributed by atoms with E-state index in [1.54, 1.807) is 11.8 Å². The van der Waals surface area contributed by atoms with Gasteiger partial charge in [-0.3, -0.25) is 9.59 Å². The van der Waals surface area contributed by atoms with Crippen LogP contribution in [-0.2, 0) is 15.8 Å². The second-order valence-electron chi connectivity index (χ2n) is 11.0. The number of carbonyl (C=O) groups is 3. The van der Waals surface area contributed by atoms with Gasteiger partial charge in [0.05, 0.1) is 28.8 Å². The minimum atomic E-state index is -4.85. The molecule has 0 aliphatic heterocycles. The van der Waals surface area contributed by atoms with Crippen molar-refractivity contribution in [2.24, 2.45) is 11.8 Å². The monoisotopic (exact) mass is 606 g/mol. The van der Waals surface area contributed by atoms with E-state index in [-0.39, 0.29) is 36.4 Å². The number of amides is 4. The minimum Gasteiger partial charge on any atom is -0.341 e. The van der Waals surface area contributed by atoms with Gasteiger partial charge in [-0.2, -0.15) is 18.4 Å². The fourth-order valence-corrected chi connectivity index (χ4v) is 4.86. The zero-order chi connectivity index (χ0) is 32.4. The van der Waals surface area contributed by atoms with E-state index in [1.807, 2.05) is 74.5 Å². The Labute approximate surface area is 256 Å². The molecule has 232 valence electrons. The molecule has 1 N–H and O–H groups in total. The van der Waals surface area contributed by atoms with E-state index in [4.69, 9.17) is 5.26 Å². The summed E-state index contributed by atoms with van der Waals surface area (Å²) >= 11 is 0. The number of hydrogen-bond acceptors (Lipinski definition) is 4. The molecule has 3 unspecified atom stereocenters. The Morgan fingerprint density at radius 1 is 0.932 bits per heavy atom. The fourth-order valence-electron chi connectivity index (χ4n) is 4.86. The fraction of sp³-hybridized carbons (Fsp3) is 0.353. The molecule has 4 amide bonds. The molecule has 3 rings (SSSR count). The van der Waals surface area contributed by atoms with Crippen LogP contribution in [0.5, 0.6) is 0 Å². The van der Waals surface area contributed by atoms with Gasteiger partial charge in [-0.1, -0.05) is 87.9 Å². The number of carbonyl (C=O) groups excluding carboxylic acids is 3. The third kappa shape index (κ3) is 8.47. The molecule has 0 saturated carbocycles. The van der Waals surface area contributed by atoms with E-state index in [0.29, 0.717) is 17.5 Å². The Morgan fingerprint density at radius 3 is 1.98 bits per heavy atom. The number of nitriles is 1. The standard InChI is InChI=1S/C34H37F3N4O3/c1-5-23(2)20-40(32(43)31(26-12-8-6-9-13-26)27-14-10-7-11-15-27)21-24(3)25(4)39-33(44)41(22-42)29-17-16-28(19-38)30(18-29)34(35,36)37/h6-18,22-25,31H,5,20-21H2,1-4H3,(H,39,44). The second-order valence-corrected chi connectivity index (χ2v) is 11.0. The van der Waals surface area contributed by atoms with Crippen molar-refractivity contribution in [1.29, 1.82) is 5.26 Å². The van der Waals surface area contributed by atoms with Gasteiger partial charge in [0.15, 0.2) is 0 Å². The molecular formula is C34H37F3N4O3. The van der Waals surface area contributed by atoms with E-state index in [1.165, 1.54) is 6.07 Å². The zero-order valence-corrected chi connectivity index (χ0v) is 25.2. The highest BCUT2D eigenvalue weighted by Crippen LogP contribution is 2.34. The average molecular weight is 607 g/mol. The first-order chi connectivity index (χ1) is 20.9. The Kier molecular flexibility index (Phi) is 11.7. The highest BCUT2D eigenvalue weighted by atomic mass is 19.4. The van der Waals surface area contributed by atoms with Crippen LogP contribution in [0.1, 0.15) is 62.3 Å². The van der Waals surface area contributed by atoms with Crippen molar-refractivity contribution in [3.8, 4) is 6.07 Å². The number of anilines is 1. The van der Waals surface area contributed by atoms with Gasteiger partial charge in [-0.05, 0) is 48.1 Å². The number of urea groups is 1. The van der Waals surface area contributed by atoms with Crippen molar-refractivity contribution >= 4 is 24.0 Å². The topological polar surface area (TPSA) is 93.5 Å². The summed E-state index contributed by atoms with van der Waals surface area (Å²) in [6, 6.07) is 21.6. The lowest BCUT2D eigenvalue weighted by Crippen LogP contribution is -2.49. The first-order valence-corrected chi connectivity index (χ1v) is 14.5. The number of rotatable bonds is 12. The van der Waals surface area contributed by atoms with Gasteiger partial charge in [-0.15, -0.1) is 0 Å². The maximum Gasteiger partial charge on any atom is 0.417 e. The normalized spacial score (nSPS) is 13.3. The molecular weight excluding hydrogens is 569 g/mol. The number of hydrogen-bond donors (Lipinski definition) is 1. The van der Waals surface area contributed by atoms with Crippen molar-refractivity contribution in [2.45, 2.75) is 52.3 Å². The Hall–Kier alpha value is -4.65. The van der Waals surface area contributed by atoms with Gasteiger partial charge in [0, 0.05) is 19.1 Å². The molecule has 0 aliphatic rings. The SMILES string of the molecule is CCC(C)CN(CC(C)C(C)NC(=O)N(C=O)c1ccc(C#N)c(C(F)(F)F)c1)C(=O)C(c1ccccc1)c1ccccc1. The maximum absolute atomic E-state index is 14.3. The Bertz CT molecular complexity index is 1420. The van der Waals surface area contributed by atoms with Gasteiger partial charge < -0.3 is 10.2 Å². The lowest BCUT2D eigenvalue weighted by molar-refractivity contribution is -0.137. The molecule has 44 heavy (non-hydrogen) atoms. The molecule has 3 atom stereocenters. The van der Waals surface area contributed by atoms with Crippen molar-refractivity contribution in [3.05, 3.63) is 101 Å². The van der Waals surface area contributed by atoms with Crippen molar-refractivity contribution < 1.29 is 27.6 Å². The lowest BCUT2D eigenvalue weighted by atomic mass is 9.89. The number of alkyl halides is 3. The van der Waals surface area contributed by atoms with Gasteiger partial charge in [0.1, 0.15) is 0 Å². The molecule has 0 saturated heterocycles. The Morgan fingerprint density at radius 2 is 1.50 bits per heavy atom. The van der Waals surface area contributed by atoms with E-state index >= 15 is 0 Å². The molecule has 10 heteroatoms. The zero-order valence-electron chi connectivity index (χ0n) is 25.2. The van der Waals surface area contributed by atoms with E-state index in [0.717, 1.165) is 29.7 Å². The summed E-state index contributed by atoms with van der Waals surface area (Å²) in [5.41, 5.74) is -0.483. The Balaban J connectivity index is 1.84. The molecule has 0 fully saturated rings. The molecule has 3 aromatic carbocycles. The molecule has 0 aromatic heterocycles. The maximum atomic E-state index is 14.3. The summed E-state index contributed by atoms with van der Waals surface area (Å²) in [6.45, 7) is 8.46. The van der Waals surface area contributed by atoms with Crippen LogP contribution >= 0.6 is 0 Å². The predicted octanol–water partition coefficient (Wildman–Crippen LogP) is 6.98. The summed E-state index contributed by atoms with van der Waals surface area (Å²) in [7, 11) is 0. The largest absolute Gasteiger partial charge is 0.417 e. The third-order valence-electron chi connectivity index (χ3n) is 7.80. The van der Waals surface area contributed by atoms with Gasteiger partial charge in [0.2, 0.25) is 12.3 Å². The van der Waals surface area contributed by atoms with E-state index < -0.39 is 35.3 Å². The first kappa shape index (κ1) is 33.8. The quantitative estimate of drug-likeness (QED) is 0.225. The number of nitrogens with zero attached hydrogens (tertiary/aromatic N) is 3. The van der Waals surface area contributed by atoms with Crippen molar-refractivity contribution in [3.63, 3.8) is 0 Å². The highest BCUT2D eigenvalue weighted by molar-refractivity contribution is 6.06. The van der Waals surface area contributed by atoms with Crippen molar-refractivity contribution in [1.82, 2.24) is 10.2 Å². The van der Waals surface area contributed by atoms with Crippen LogP contribution in [0.3, 0.4) is 0 Å². The van der Waals surface area contributed by atoms with Crippen LogP contribution in [0.15, 0.2) is 78.9 Å². The number of imide groups is 1.